The summed E-state index contributed by atoms with van der Waals surface area (Å²) in [7, 11) is 0. The maximum Gasteiger partial charge on any atom is 0.279 e. The highest BCUT2D eigenvalue weighted by atomic mass is 16.5. The molecule has 1 aliphatic heterocycles. The van der Waals surface area contributed by atoms with Crippen LogP contribution in [0.4, 0.5) is 5.69 Å². The van der Waals surface area contributed by atoms with Gasteiger partial charge in [-0.1, -0.05) is 25.0 Å². The van der Waals surface area contributed by atoms with Crippen LogP contribution < -0.4 is 15.5 Å². The summed E-state index contributed by atoms with van der Waals surface area (Å²) in [6, 6.07) is 7.48. The van der Waals surface area contributed by atoms with E-state index in [2.05, 4.69) is 10.6 Å². The van der Waals surface area contributed by atoms with Gasteiger partial charge in [0.05, 0.1) is 24.5 Å². The molecule has 3 rings (SSSR count). The second kappa shape index (κ2) is 8.26. The Kier molecular flexibility index (Phi) is 5.82. The molecule has 0 radical (unpaired) electrons. The van der Waals surface area contributed by atoms with Crippen LogP contribution in [-0.2, 0) is 9.53 Å². The third kappa shape index (κ3) is 4.55. The fraction of sp³-hybridized carbons (Fsp3) is 0.556. The fourth-order valence-electron chi connectivity index (χ4n) is 3.38. The van der Waals surface area contributed by atoms with E-state index in [-0.39, 0.29) is 17.9 Å². The highest BCUT2D eigenvalue weighted by Gasteiger charge is 2.21. The maximum absolute atomic E-state index is 12.5. The Morgan fingerprint density at radius 2 is 1.83 bits per heavy atom. The number of hydrogen-bond donors (Lipinski definition) is 3. The predicted molar refractivity (Wildman–Crippen MR) is 91.2 cm³/mol. The Balaban J connectivity index is 1.60. The molecule has 130 valence electrons. The van der Waals surface area contributed by atoms with Crippen molar-refractivity contribution in [2.45, 2.75) is 31.7 Å². The SMILES string of the molecule is O=C(C[NH+]1CCOCC1)Nc1ccccc1C(=O)NC1CCCC1. The Morgan fingerprint density at radius 3 is 2.58 bits per heavy atom. The third-order valence-electron chi connectivity index (χ3n) is 4.75. The van der Waals surface area contributed by atoms with Crippen molar-refractivity contribution in [1.82, 2.24) is 5.32 Å². The third-order valence-corrected chi connectivity index (χ3v) is 4.75. The van der Waals surface area contributed by atoms with Crippen molar-refractivity contribution in [3.8, 4) is 0 Å². The summed E-state index contributed by atoms with van der Waals surface area (Å²) in [4.78, 5) is 26.0. The molecule has 6 nitrogen and oxygen atoms in total. The van der Waals surface area contributed by atoms with Crippen molar-refractivity contribution in [1.29, 1.82) is 0 Å². The monoisotopic (exact) mass is 332 g/mol. The summed E-state index contributed by atoms with van der Waals surface area (Å²) >= 11 is 0. The first kappa shape index (κ1) is 16.9. The lowest BCUT2D eigenvalue weighted by molar-refractivity contribution is -0.899. The molecule has 6 heteroatoms. The molecule has 0 atom stereocenters. The first-order chi connectivity index (χ1) is 11.7. The minimum atomic E-state index is -0.100. The highest BCUT2D eigenvalue weighted by molar-refractivity contribution is 6.04. The highest BCUT2D eigenvalue weighted by Crippen LogP contribution is 2.20. The largest absolute Gasteiger partial charge is 0.370 e. The number of carbonyl (C=O) groups excluding carboxylic acids is 2. The van der Waals surface area contributed by atoms with Crippen molar-refractivity contribution >= 4 is 17.5 Å². The number of anilines is 1. The Morgan fingerprint density at radius 1 is 1.12 bits per heavy atom. The lowest BCUT2D eigenvalue weighted by atomic mass is 10.1. The quantitative estimate of drug-likeness (QED) is 0.722. The summed E-state index contributed by atoms with van der Waals surface area (Å²) in [5, 5.41) is 5.98. The van der Waals surface area contributed by atoms with Gasteiger partial charge in [0.1, 0.15) is 13.1 Å². The number of nitrogens with one attached hydrogen (secondary N) is 3. The summed E-state index contributed by atoms with van der Waals surface area (Å²) in [6.45, 7) is 3.49. The molecule has 0 unspecified atom stereocenters. The van der Waals surface area contributed by atoms with Gasteiger partial charge in [-0.2, -0.15) is 0 Å². The number of amides is 2. The lowest BCUT2D eigenvalue weighted by Gasteiger charge is -2.23. The van der Waals surface area contributed by atoms with Crippen LogP contribution in [0.25, 0.3) is 0 Å². The van der Waals surface area contributed by atoms with E-state index >= 15 is 0 Å². The molecule has 24 heavy (non-hydrogen) atoms. The molecule has 2 aliphatic rings. The number of ether oxygens (including phenoxy) is 1. The Bertz CT molecular complexity index is 579. The van der Waals surface area contributed by atoms with E-state index in [9.17, 15) is 9.59 Å². The molecule has 1 heterocycles. The van der Waals surface area contributed by atoms with Gasteiger partial charge in [0.2, 0.25) is 0 Å². The smallest absolute Gasteiger partial charge is 0.279 e. The minimum absolute atomic E-state index is 0.0620. The van der Waals surface area contributed by atoms with Gasteiger partial charge in [0.15, 0.2) is 6.54 Å². The zero-order valence-electron chi connectivity index (χ0n) is 14.0. The topological polar surface area (TPSA) is 71.9 Å². The second-order valence-electron chi connectivity index (χ2n) is 6.59. The maximum atomic E-state index is 12.5. The van der Waals surface area contributed by atoms with Crippen molar-refractivity contribution in [3.05, 3.63) is 29.8 Å². The van der Waals surface area contributed by atoms with E-state index in [0.717, 1.165) is 25.9 Å². The summed E-state index contributed by atoms with van der Waals surface area (Å²) < 4.78 is 5.31. The first-order valence-electron chi connectivity index (χ1n) is 8.83. The van der Waals surface area contributed by atoms with Gasteiger partial charge in [-0.25, -0.2) is 0 Å². The lowest BCUT2D eigenvalue weighted by Crippen LogP contribution is -3.15. The van der Waals surface area contributed by atoms with Crippen LogP contribution in [0.3, 0.4) is 0 Å². The van der Waals surface area contributed by atoms with Crippen LogP contribution in [0.15, 0.2) is 24.3 Å². The minimum Gasteiger partial charge on any atom is -0.370 e. The van der Waals surface area contributed by atoms with Crippen molar-refractivity contribution in [2.75, 3.05) is 38.2 Å². The summed E-state index contributed by atoms with van der Waals surface area (Å²) in [6.07, 6.45) is 4.43. The van der Waals surface area contributed by atoms with Crippen molar-refractivity contribution in [2.24, 2.45) is 0 Å². The van der Waals surface area contributed by atoms with Gasteiger partial charge in [-0.3, -0.25) is 9.59 Å². The van der Waals surface area contributed by atoms with Crippen LogP contribution in [0, 0.1) is 0 Å². The Labute approximate surface area is 142 Å². The van der Waals surface area contributed by atoms with E-state index in [1.807, 2.05) is 12.1 Å². The van der Waals surface area contributed by atoms with E-state index in [4.69, 9.17) is 4.74 Å². The van der Waals surface area contributed by atoms with E-state index in [1.165, 1.54) is 17.7 Å². The summed E-state index contributed by atoms with van der Waals surface area (Å²) in [5.74, 6) is -0.162. The number of morpholine rings is 1. The molecule has 1 aliphatic carbocycles. The second-order valence-corrected chi connectivity index (χ2v) is 6.59. The molecule has 1 saturated heterocycles. The van der Waals surface area contributed by atoms with Crippen molar-refractivity contribution in [3.63, 3.8) is 0 Å². The molecule has 2 fully saturated rings. The van der Waals surface area contributed by atoms with Gasteiger partial charge in [-0.15, -0.1) is 0 Å². The molecule has 0 spiro atoms. The zero-order chi connectivity index (χ0) is 16.8. The molecule has 0 bridgehead atoms. The molecule has 2 amide bonds. The molecule has 1 aromatic rings. The normalized spacial score (nSPS) is 19.2. The number of carbonyl (C=O) groups is 2. The van der Waals surface area contributed by atoms with Crippen LogP contribution in [0.2, 0.25) is 0 Å². The average Bonchev–Trinajstić information content (AvgIpc) is 3.09. The fourth-order valence-corrected chi connectivity index (χ4v) is 3.38. The number of quaternary nitrogens is 1. The van der Waals surface area contributed by atoms with Gasteiger partial charge in [0, 0.05) is 6.04 Å². The Hall–Kier alpha value is -1.92. The number of benzene rings is 1. The average molecular weight is 332 g/mol. The van der Waals surface area contributed by atoms with E-state index in [1.54, 1.807) is 12.1 Å². The summed E-state index contributed by atoms with van der Waals surface area (Å²) in [5.41, 5.74) is 1.13. The van der Waals surface area contributed by atoms with E-state index < -0.39 is 0 Å². The molecule has 0 aromatic heterocycles. The van der Waals surface area contributed by atoms with Crippen LogP contribution in [-0.4, -0.2) is 50.7 Å². The van der Waals surface area contributed by atoms with Crippen LogP contribution in [0.1, 0.15) is 36.0 Å². The van der Waals surface area contributed by atoms with Gasteiger partial charge in [0.25, 0.3) is 11.8 Å². The number of rotatable bonds is 5. The van der Waals surface area contributed by atoms with Crippen LogP contribution in [0.5, 0.6) is 0 Å². The van der Waals surface area contributed by atoms with Gasteiger partial charge in [-0.05, 0) is 25.0 Å². The number of para-hydroxylation sites is 1. The molecule has 1 aromatic carbocycles. The number of hydrogen-bond acceptors (Lipinski definition) is 3. The standard InChI is InChI=1S/C18H25N3O3/c22-17(13-21-9-11-24-12-10-21)20-16-8-4-3-7-15(16)18(23)19-14-5-1-2-6-14/h3-4,7-8,14H,1-2,5-6,9-13H2,(H,19,23)(H,20,22)/p+1. The van der Waals surface area contributed by atoms with Gasteiger partial charge >= 0.3 is 0 Å². The zero-order valence-corrected chi connectivity index (χ0v) is 14.0. The first-order valence-corrected chi connectivity index (χ1v) is 8.83. The molecule has 1 saturated carbocycles. The van der Waals surface area contributed by atoms with Crippen molar-refractivity contribution < 1.29 is 19.2 Å². The predicted octanol–water partition coefficient (Wildman–Crippen LogP) is 0.213. The molecular weight excluding hydrogens is 306 g/mol. The van der Waals surface area contributed by atoms with Gasteiger partial charge < -0.3 is 20.3 Å². The molecule has 3 N–H and O–H groups in total. The van der Waals surface area contributed by atoms with Crippen LogP contribution >= 0.6 is 0 Å². The molecular formula is C18H26N3O3+. The van der Waals surface area contributed by atoms with E-state index in [0.29, 0.717) is 31.0 Å².